The van der Waals surface area contributed by atoms with E-state index in [9.17, 15) is 4.79 Å². The van der Waals surface area contributed by atoms with Gasteiger partial charge in [0, 0.05) is 43.1 Å². The van der Waals surface area contributed by atoms with E-state index in [4.69, 9.17) is 4.74 Å². The maximum atomic E-state index is 11.7. The number of fused-ring (bicyclic) bond motifs is 1. The lowest BCUT2D eigenvalue weighted by Gasteiger charge is -2.32. The summed E-state index contributed by atoms with van der Waals surface area (Å²) in [6.45, 7) is 4.91. The SMILES string of the molecule is Cc1cc(=O)[nH]c([C@H]2CN(Cc3ccc4[nH]ccc4c3)CCO2)n1. The van der Waals surface area contributed by atoms with Gasteiger partial charge in [0.15, 0.2) is 0 Å². The van der Waals surface area contributed by atoms with Crippen molar-refractivity contribution in [1.29, 1.82) is 0 Å². The Kier molecular flexibility index (Phi) is 3.92. The predicted molar refractivity (Wildman–Crippen MR) is 91.9 cm³/mol. The Morgan fingerprint density at radius 3 is 3.12 bits per heavy atom. The summed E-state index contributed by atoms with van der Waals surface area (Å²) in [4.78, 5) is 24.4. The Morgan fingerprint density at radius 1 is 1.33 bits per heavy atom. The van der Waals surface area contributed by atoms with E-state index >= 15 is 0 Å². The summed E-state index contributed by atoms with van der Waals surface area (Å²) in [6, 6.07) is 10.1. The molecule has 0 radical (unpaired) electrons. The van der Waals surface area contributed by atoms with Crippen molar-refractivity contribution >= 4 is 10.9 Å². The molecule has 6 nitrogen and oxygen atoms in total. The van der Waals surface area contributed by atoms with Crippen molar-refractivity contribution in [3.8, 4) is 0 Å². The molecule has 0 bridgehead atoms. The minimum Gasteiger partial charge on any atom is -0.368 e. The molecule has 3 aromatic rings. The number of hydrogen-bond donors (Lipinski definition) is 2. The van der Waals surface area contributed by atoms with E-state index < -0.39 is 0 Å². The number of rotatable bonds is 3. The Morgan fingerprint density at radius 2 is 2.25 bits per heavy atom. The van der Waals surface area contributed by atoms with E-state index in [1.54, 1.807) is 0 Å². The summed E-state index contributed by atoms with van der Waals surface area (Å²) in [5, 5.41) is 1.22. The second kappa shape index (κ2) is 6.22. The fourth-order valence-corrected chi connectivity index (χ4v) is 3.23. The highest BCUT2D eigenvalue weighted by Crippen LogP contribution is 2.21. The minimum absolute atomic E-state index is 0.129. The van der Waals surface area contributed by atoms with Gasteiger partial charge in [0.1, 0.15) is 11.9 Å². The lowest BCUT2D eigenvalue weighted by atomic mass is 10.1. The first-order chi connectivity index (χ1) is 11.7. The molecule has 2 aromatic heterocycles. The Bertz CT molecular complexity index is 915. The summed E-state index contributed by atoms with van der Waals surface area (Å²) in [7, 11) is 0. The molecular formula is C18H20N4O2. The highest BCUT2D eigenvalue weighted by Gasteiger charge is 2.24. The lowest BCUT2D eigenvalue weighted by molar-refractivity contribution is -0.0373. The highest BCUT2D eigenvalue weighted by molar-refractivity contribution is 5.79. The van der Waals surface area contributed by atoms with Gasteiger partial charge in [0.05, 0.1) is 6.61 Å². The van der Waals surface area contributed by atoms with Gasteiger partial charge in [-0.1, -0.05) is 6.07 Å². The lowest BCUT2D eigenvalue weighted by Crippen LogP contribution is -2.39. The van der Waals surface area contributed by atoms with Gasteiger partial charge >= 0.3 is 0 Å². The first-order valence-electron chi connectivity index (χ1n) is 8.15. The predicted octanol–water partition coefficient (Wildman–Crippen LogP) is 2.13. The maximum absolute atomic E-state index is 11.7. The van der Waals surface area contributed by atoms with Gasteiger partial charge in [-0.05, 0) is 36.1 Å². The molecule has 0 amide bonds. The van der Waals surface area contributed by atoms with Crippen molar-refractivity contribution in [2.24, 2.45) is 0 Å². The van der Waals surface area contributed by atoms with Gasteiger partial charge in [-0.3, -0.25) is 9.69 Å². The van der Waals surface area contributed by atoms with Crippen LogP contribution in [-0.2, 0) is 11.3 Å². The molecule has 1 fully saturated rings. The van der Waals surface area contributed by atoms with Gasteiger partial charge < -0.3 is 14.7 Å². The molecule has 0 aliphatic carbocycles. The molecule has 0 unspecified atom stereocenters. The number of benzene rings is 1. The standard InChI is InChI=1S/C18H20N4O2/c1-12-8-17(23)21-18(20-12)16-11-22(6-7-24-16)10-13-2-3-15-14(9-13)4-5-19-15/h2-5,8-9,16,19H,6-7,10-11H2,1H3,(H,20,21,23)/t16-/m1/s1. The first kappa shape index (κ1) is 15.1. The summed E-state index contributed by atoms with van der Waals surface area (Å²) in [5.41, 5.74) is 3.01. The van der Waals surface area contributed by atoms with E-state index in [1.807, 2.05) is 13.1 Å². The average Bonchev–Trinajstić information content (AvgIpc) is 3.02. The van der Waals surface area contributed by atoms with Crippen LogP contribution >= 0.6 is 0 Å². The Hall–Kier alpha value is -2.44. The number of hydrogen-bond acceptors (Lipinski definition) is 4. The number of H-pyrrole nitrogens is 2. The number of aromatic amines is 2. The fourth-order valence-electron chi connectivity index (χ4n) is 3.23. The third kappa shape index (κ3) is 3.11. The quantitative estimate of drug-likeness (QED) is 0.774. The van der Waals surface area contributed by atoms with Gasteiger partial charge in [0.2, 0.25) is 0 Å². The number of nitrogens with zero attached hydrogens (tertiary/aromatic N) is 2. The molecule has 1 aliphatic heterocycles. The van der Waals surface area contributed by atoms with E-state index in [0.717, 1.165) is 25.2 Å². The largest absolute Gasteiger partial charge is 0.368 e. The summed E-state index contributed by atoms with van der Waals surface area (Å²) >= 11 is 0. The van der Waals surface area contributed by atoms with Crippen LogP contribution in [-0.4, -0.2) is 39.5 Å². The van der Waals surface area contributed by atoms with E-state index in [0.29, 0.717) is 18.1 Å². The molecule has 124 valence electrons. The van der Waals surface area contributed by atoms with Crippen molar-refractivity contribution in [2.75, 3.05) is 19.7 Å². The van der Waals surface area contributed by atoms with Crippen molar-refractivity contribution < 1.29 is 4.74 Å². The molecule has 6 heteroatoms. The van der Waals surface area contributed by atoms with Crippen LogP contribution in [0.5, 0.6) is 0 Å². The molecule has 2 N–H and O–H groups in total. The molecule has 1 aromatic carbocycles. The van der Waals surface area contributed by atoms with Crippen LogP contribution < -0.4 is 5.56 Å². The van der Waals surface area contributed by atoms with Crippen molar-refractivity contribution in [3.05, 3.63) is 64.0 Å². The maximum Gasteiger partial charge on any atom is 0.251 e. The summed E-state index contributed by atoms with van der Waals surface area (Å²) in [6.07, 6.45) is 1.77. The van der Waals surface area contributed by atoms with Gasteiger partial charge in [-0.25, -0.2) is 4.98 Å². The number of ether oxygens (including phenoxy) is 1. The second-order valence-corrected chi connectivity index (χ2v) is 6.27. The molecule has 1 aliphatic rings. The van der Waals surface area contributed by atoms with E-state index in [1.165, 1.54) is 17.0 Å². The Balaban J connectivity index is 1.50. The van der Waals surface area contributed by atoms with E-state index in [2.05, 4.69) is 44.1 Å². The van der Waals surface area contributed by atoms with Crippen LogP contribution in [0.1, 0.15) is 23.2 Å². The smallest absolute Gasteiger partial charge is 0.251 e. The molecule has 24 heavy (non-hydrogen) atoms. The van der Waals surface area contributed by atoms with Crippen LogP contribution in [0, 0.1) is 6.92 Å². The molecule has 1 atom stereocenters. The molecule has 4 rings (SSSR count). The molecule has 0 saturated carbocycles. The van der Waals surface area contributed by atoms with Crippen LogP contribution in [0.25, 0.3) is 10.9 Å². The van der Waals surface area contributed by atoms with Gasteiger partial charge in [-0.2, -0.15) is 0 Å². The molecular weight excluding hydrogens is 304 g/mol. The zero-order valence-corrected chi connectivity index (χ0v) is 13.6. The third-order valence-corrected chi connectivity index (χ3v) is 4.37. The topological polar surface area (TPSA) is 74.0 Å². The molecule has 1 saturated heterocycles. The van der Waals surface area contributed by atoms with Gasteiger partial charge in [-0.15, -0.1) is 0 Å². The fraction of sp³-hybridized carbons (Fsp3) is 0.333. The summed E-state index contributed by atoms with van der Waals surface area (Å²) in [5.74, 6) is 0.616. The highest BCUT2D eigenvalue weighted by atomic mass is 16.5. The third-order valence-electron chi connectivity index (χ3n) is 4.37. The van der Waals surface area contributed by atoms with Gasteiger partial charge in [0.25, 0.3) is 5.56 Å². The van der Waals surface area contributed by atoms with Crippen LogP contribution in [0.3, 0.4) is 0 Å². The Labute approximate surface area is 139 Å². The van der Waals surface area contributed by atoms with Crippen LogP contribution in [0.15, 0.2) is 41.3 Å². The minimum atomic E-state index is -0.192. The molecule has 3 heterocycles. The molecule has 0 spiro atoms. The van der Waals surface area contributed by atoms with Crippen molar-refractivity contribution in [3.63, 3.8) is 0 Å². The normalized spacial score (nSPS) is 19.0. The number of aryl methyl sites for hydroxylation is 1. The summed E-state index contributed by atoms with van der Waals surface area (Å²) < 4.78 is 5.82. The van der Waals surface area contributed by atoms with Crippen molar-refractivity contribution in [1.82, 2.24) is 19.9 Å². The number of aromatic nitrogens is 3. The second-order valence-electron chi connectivity index (χ2n) is 6.27. The van der Waals surface area contributed by atoms with E-state index in [-0.39, 0.29) is 11.7 Å². The monoisotopic (exact) mass is 324 g/mol. The zero-order valence-electron chi connectivity index (χ0n) is 13.6. The first-order valence-corrected chi connectivity index (χ1v) is 8.15. The number of morpholine rings is 1. The zero-order chi connectivity index (χ0) is 16.5. The average molecular weight is 324 g/mol. The number of nitrogens with one attached hydrogen (secondary N) is 2. The van der Waals surface area contributed by atoms with Crippen LogP contribution in [0.4, 0.5) is 0 Å². The van der Waals surface area contributed by atoms with Crippen LogP contribution in [0.2, 0.25) is 0 Å². The van der Waals surface area contributed by atoms with Crippen molar-refractivity contribution in [2.45, 2.75) is 19.6 Å².